The average molecular weight is 210 g/mol. The van der Waals surface area contributed by atoms with Gasteiger partial charge in [-0.25, -0.2) is 0 Å². The van der Waals surface area contributed by atoms with Crippen LogP contribution in [0.5, 0.6) is 0 Å². The molecule has 1 heterocycles. The monoisotopic (exact) mass is 210 g/mol. The van der Waals surface area contributed by atoms with Gasteiger partial charge in [0.2, 0.25) is 0 Å². The summed E-state index contributed by atoms with van der Waals surface area (Å²) < 4.78 is 2.00. The van der Waals surface area contributed by atoms with Gasteiger partial charge in [0, 0.05) is 17.8 Å². The molecule has 1 N–H and O–H groups in total. The summed E-state index contributed by atoms with van der Waals surface area (Å²) in [4.78, 5) is 11.7. The SMILES string of the molecule is CCCCc1c(CCC)n(CC)[nH]c1=O. The van der Waals surface area contributed by atoms with Crippen molar-refractivity contribution < 1.29 is 0 Å². The molecule has 0 bridgehead atoms. The fourth-order valence-electron chi connectivity index (χ4n) is 1.96. The third-order valence-electron chi connectivity index (χ3n) is 2.77. The molecule has 0 aromatic carbocycles. The topological polar surface area (TPSA) is 37.8 Å². The van der Waals surface area contributed by atoms with Crippen LogP contribution in [0.2, 0.25) is 0 Å². The third kappa shape index (κ3) is 2.74. The first-order valence-corrected chi connectivity index (χ1v) is 6.05. The molecule has 0 atom stereocenters. The summed E-state index contributed by atoms with van der Waals surface area (Å²) in [7, 11) is 0. The zero-order chi connectivity index (χ0) is 11.3. The van der Waals surface area contributed by atoms with Crippen LogP contribution in [0.1, 0.15) is 51.3 Å². The Kier molecular flexibility index (Phi) is 4.66. The molecule has 0 saturated heterocycles. The fraction of sp³-hybridized carbons (Fsp3) is 0.750. The van der Waals surface area contributed by atoms with Gasteiger partial charge in [-0.05, 0) is 26.2 Å². The van der Waals surface area contributed by atoms with Crippen molar-refractivity contribution in [3.8, 4) is 0 Å². The van der Waals surface area contributed by atoms with Crippen LogP contribution in [0.3, 0.4) is 0 Å². The highest BCUT2D eigenvalue weighted by Gasteiger charge is 2.12. The lowest BCUT2D eigenvalue weighted by Crippen LogP contribution is -2.07. The van der Waals surface area contributed by atoms with Gasteiger partial charge in [0.15, 0.2) is 0 Å². The molecule has 0 fully saturated rings. The Morgan fingerprint density at radius 1 is 1.13 bits per heavy atom. The van der Waals surface area contributed by atoms with Gasteiger partial charge in [0.25, 0.3) is 5.56 Å². The second-order valence-corrected chi connectivity index (χ2v) is 3.96. The molecule has 1 aromatic rings. The number of aromatic nitrogens is 2. The van der Waals surface area contributed by atoms with E-state index in [2.05, 4.69) is 25.9 Å². The predicted octanol–water partition coefficient (Wildman–Crippen LogP) is 2.49. The number of aromatic amines is 1. The highest BCUT2D eigenvalue weighted by molar-refractivity contribution is 5.18. The Hall–Kier alpha value is -0.990. The van der Waals surface area contributed by atoms with E-state index >= 15 is 0 Å². The molecular formula is C12H22N2O. The highest BCUT2D eigenvalue weighted by Crippen LogP contribution is 2.10. The van der Waals surface area contributed by atoms with Gasteiger partial charge in [-0.2, -0.15) is 0 Å². The lowest BCUT2D eigenvalue weighted by atomic mass is 10.1. The maximum Gasteiger partial charge on any atom is 0.267 e. The van der Waals surface area contributed by atoms with Gasteiger partial charge < -0.3 is 0 Å². The van der Waals surface area contributed by atoms with Crippen LogP contribution in [-0.2, 0) is 19.4 Å². The van der Waals surface area contributed by atoms with Crippen LogP contribution in [0.15, 0.2) is 4.79 Å². The Bertz CT molecular complexity index is 349. The largest absolute Gasteiger partial charge is 0.289 e. The van der Waals surface area contributed by atoms with Crippen molar-refractivity contribution in [2.75, 3.05) is 0 Å². The smallest absolute Gasteiger partial charge is 0.267 e. The second-order valence-electron chi connectivity index (χ2n) is 3.96. The zero-order valence-electron chi connectivity index (χ0n) is 10.1. The molecule has 0 aliphatic heterocycles. The molecule has 0 amide bonds. The van der Waals surface area contributed by atoms with E-state index < -0.39 is 0 Å². The van der Waals surface area contributed by atoms with Crippen molar-refractivity contribution in [2.24, 2.45) is 0 Å². The number of nitrogens with one attached hydrogen (secondary N) is 1. The molecule has 3 heteroatoms. The average Bonchev–Trinajstić information content (AvgIpc) is 2.53. The Morgan fingerprint density at radius 3 is 2.40 bits per heavy atom. The van der Waals surface area contributed by atoms with Crippen LogP contribution in [0.25, 0.3) is 0 Å². The van der Waals surface area contributed by atoms with Crippen LogP contribution < -0.4 is 5.56 Å². The van der Waals surface area contributed by atoms with Crippen molar-refractivity contribution in [2.45, 2.75) is 59.4 Å². The lowest BCUT2D eigenvalue weighted by molar-refractivity contribution is 0.608. The summed E-state index contributed by atoms with van der Waals surface area (Å²) in [5, 5.41) is 2.92. The molecule has 1 rings (SSSR count). The van der Waals surface area contributed by atoms with E-state index in [-0.39, 0.29) is 5.56 Å². The number of nitrogens with zero attached hydrogens (tertiary/aromatic N) is 1. The summed E-state index contributed by atoms with van der Waals surface area (Å²) in [6.45, 7) is 7.24. The molecule has 0 aliphatic rings. The molecule has 0 spiro atoms. The second kappa shape index (κ2) is 5.79. The normalized spacial score (nSPS) is 10.9. The van der Waals surface area contributed by atoms with Gasteiger partial charge in [0.05, 0.1) is 0 Å². The van der Waals surface area contributed by atoms with Crippen molar-refractivity contribution in [1.29, 1.82) is 0 Å². The van der Waals surface area contributed by atoms with E-state index in [4.69, 9.17) is 0 Å². The van der Waals surface area contributed by atoms with Crippen LogP contribution in [-0.4, -0.2) is 9.78 Å². The van der Waals surface area contributed by atoms with Crippen molar-refractivity contribution in [3.63, 3.8) is 0 Å². The molecule has 0 aliphatic carbocycles. The Labute approximate surface area is 91.5 Å². The van der Waals surface area contributed by atoms with E-state index in [1.54, 1.807) is 0 Å². The molecular weight excluding hydrogens is 188 g/mol. The number of unbranched alkanes of at least 4 members (excludes halogenated alkanes) is 1. The van der Waals surface area contributed by atoms with Crippen molar-refractivity contribution >= 4 is 0 Å². The molecule has 3 nitrogen and oxygen atoms in total. The first-order chi connectivity index (χ1) is 7.24. The minimum Gasteiger partial charge on any atom is -0.289 e. The molecule has 86 valence electrons. The number of H-pyrrole nitrogens is 1. The van der Waals surface area contributed by atoms with Gasteiger partial charge >= 0.3 is 0 Å². The maximum absolute atomic E-state index is 11.7. The van der Waals surface area contributed by atoms with Gasteiger partial charge in [-0.3, -0.25) is 14.6 Å². The minimum atomic E-state index is 0.119. The molecule has 0 unspecified atom stereocenters. The standard InChI is InChI=1S/C12H22N2O/c1-4-7-9-10-11(8-5-2)14(6-3)13-12(10)15/h4-9H2,1-3H3,(H,13,15). The first-order valence-electron chi connectivity index (χ1n) is 6.05. The summed E-state index contributed by atoms with van der Waals surface area (Å²) >= 11 is 0. The van der Waals surface area contributed by atoms with Gasteiger partial charge in [0.1, 0.15) is 0 Å². The minimum absolute atomic E-state index is 0.119. The Balaban J connectivity index is 2.99. The van der Waals surface area contributed by atoms with E-state index in [1.165, 1.54) is 5.69 Å². The van der Waals surface area contributed by atoms with Crippen LogP contribution >= 0.6 is 0 Å². The van der Waals surface area contributed by atoms with Crippen LogP contribution in [0, 0.1) is 0 Å². The molecule has 0 saturated carbocycles. The summed E-state index contributed by atoms with van der Waals surface area (Å²) in [6.07, 6.45) is 5.27. The van der Waals surface area contributed by atoms with E-state index in [1.807, 2.05) is 4.68 Å². The van der Waals surface area contributed by atoms with E-state index in [0.29, 0.717) is 0 Å². The molecule has 1 aromatic heterocycles. The van der Waals surface area contributed by atoms with Gasteiger partial charge in [-0.1, -0.05) is 26.7 Å². The quantitative estimate of drug-likeness (QED) is 0.769. The number of aryl methyl sites for hydroxylation is 1. The Morgan fingerprint density at radius 2 is 1.87 bits per heavy atom. The molecule has 15 heavy (non-hydrogen) atoms. The highest BCUT2D eigenvalue weighted by atomic mass is 16.1. The molecule has 0 radical (unpaired) electrons. The van der Waals surface area contributed by atoms with E-state index in [9.17, 15) is 4.79 Å². The summed E-state index contributed by atoms with van der Waals surface area (Å²) in [5.41, 5.74) is 2.35. The predicted molar refractivity (Wildman–Crippen MR) is 63.3 cm³/mol. The van der Waals surface area contributed by atoms with Crippen molar-refractivity contribution in [1.82, 2.24) is 9.78 Å². The number of rotatable bonds is 6. The summed E-state index contributed by atoms with van der Waals surface area (Å²) in [5.74, 6) is 0. The summed E-state index contributed by atoms with van der Waals surface area (Å²) in [6, 6.07) is 0. The fourth-order valence-corrected chi connectivity index (χ4v) is 1.96. The first kappa shape index (κ1) is 12.1. The van der Waals surface area contributed by atoms with Crippen molar-refractivity contribution in [3.05, 3.63) is 21.6 Å². The van der Waals surface area contributed by atoms with Gasteiger partial charge in [-0.15, -0.1) is 0 Å². The number of hydrogen-bond donors (Lipinski definition) is 1. The van der Waals surface area contributed by atoms with Crippen LogP contribution in [0.4, 0.5) is 0 Å². The zero-order valence-corrected chi connectivity index (χ0v) is 10.1. The maximum atomic E-state index is 11.7. The number of hydrogen-bond acceptors (Lipinski definition) is 1. The lowest BCUT2D eigenvalue weighted by Gasteiger charge is -2.06. The van der Waals surface area contributed by atoms with E-state index in [0.717, 1.165) is 44.2 Å². The third-order valence-corrected chi connectivity index (χ3v) is 2.77.